The van der Waals surface area contributed by atoms with Gasteiger partial charge in [-0.25, -0.2) is 4.98 Å². The fourth-order valence-electron chi connectivity index (χ4n) is 5.41. The summed E-state index contributed by atoms with van der Waals surface area (Å²) in [6, 6.07) is 0.377. The van der Waals surface area contributed by atoms with Crippen LogP contribution in [0.25, 0.3) is 0 Å². The summed E-state index contributed by atoms with van der Waals surface area (Å²) in [7, 11) is 1.91. The summed E-state index contributed by atoms with van der Waals surface area (Å²) in [5.41, 5.74) is 1.24. The molecule has 1 aromatic rings. The fraction of sp³-hybridized carbons (Fsp3) is 0.800. The van der Waals surface area contributed by atoms with Crippen LogP contribution in [0.5, 0.6) is 0 Å². The highest BCUT2D eigenvalue weighted by molar-refractivity contribution is 7.15. The number of rotatable bonds is 4. The van der Waals surface area contributed by atoms with Gasteiger partial charge in [0.25, 0.3) is 0 Å². The topological polar surface area (TPSA) is 74.2 Å². The van der Waals surface area contributed by atoms with Crippen molar-refractivity contribution in [1.29, 1.82) is 0 Å². The summed E-state index contributed by atoms with van der Waals surface area (Å²) in [6.45, 7) is 6.53. The number of carbonyl (C=O) groups is 1. The molecule has 0 bridgehead atoms. The average Bonchev–Trinajstić information content (AvgIpc) is 3.30. The third-order valence-electron chi connectivity index (χ3n) is 7.12. The molecule has 0 aromatic carbocycles. The molecule has 3 aliphatic carbocycles. The fourth-order valence-corrected chi connectivity index (χ4v) is 6.63. The molecule has 3 aliphatic rings. The van der Waals surface area contributed by atoms with Crippen LogP contribution in [0.15, 0.2) is 0 Å². The lowest BCUT2D eigenvalue weighted by atomic mass is 9.53. The van der Waals surface area contributed by atoms with E-state index in [1.165, 1.54) is 4.88 Å². The van der Waals surface area contributed by atoms with Crippen molar-refractivity contribution in [3.05, 3.63) is 10.6 Å². The Morgan fingerprint density at radius 3 is 2.77 bits per heavy atom. The maximum absolute atomic E-state index is 12.6. The van der Waals surface area contributed by atoms with Crippen molar-refractivity contribution in [2.75, 3.05) is 12.4 Å². The van der Waals surface area contributed by atoms with Crippen LogP contribution in [-0.4, -0.2) is 35.2 Å². The lowest BCUT2D eigenvalue weighted by molar-refractivity contribution is -0.134. The van der Waals surface area contributed by atoms with E-state index in [4.69, 9.17) is 4.98 Å². The minimum atomic E-state index is -0.448. The van der Waals surface area contributed by atoms with Gasteiger partial charge < -0.3 is 15.7 Å². The van der Waals surface area contributed by atoms with Gasteiger partial charge in [0.2, 0.25) is 5.91 Å². The lowest BCUT2D eigenvalue weighted by Gasteiger charge is -2.53. The van der Waals surface area contributed by atoms with E-state index in [0.29, 0.717) is 6.04 Å². The Morgan fingerprint density at radius 1 is 1.38 bits per heavy atom. The number of amides is 1. The Kier molecular flexibility index (Phi) is 4.55. The molecule has 1 amide bonds. The molecule has 2 fully saturated rings. The standard InChI is InChI=1S/C20H31N3O2S/c1-10(18(25)22-12-5-6-12)13-7-8-20(3)9-14-16(23-19(21-4)26-14)11(2)15(20)17(13)24/h10-13,15,17,24H,5-9H2,1-4H3,(H,21,23)(H,22,25). The number of hydrogen-bond acceptors (Lipinski definition) is 5. The molecule has 26 heavy (non-hydrogen) atoms. The second kappa shape index (κ2) is 6.48. The van der Waals surface area contributed by atoms with E-state index >= 15 is 0 Å². The van der Waals surface area contributed by atoms with Gasteiger partial charge in [0.1, 0.15) is 0 Å². The predicted octanol–water partition coefficient (Wildman–Crippen LogP) is 3.15. The van der Waals surface area contributed by atoms with Gasteiger partial charge in [0.05, 0.1) is 11.8 Å². The van der Waals surface area contributed by atoms with Crippen molar-refractivity contribution in [2.24, 2.45) is 23.2 Å². The van der Waals surface area contributed by atoms with Gasteiger partial charge >= 0.3 is 0 Å². The zero-order valence-corrected chi connectivity index (χ0v) is 17.0. The minimum absolute atomic E-state index is 0.0400. The van der Waals surface area contributed by atoms with Crippen molar-refractivity contribution in [3.8, 4) is 0 Å². The molecule has 5 nitrogen and oxygen atoms in total. The van der Waals surface area contributed by atoms with E-state index < -0.39 is 6.10 Å². The van der Waals surface area contributed by atoms with Crippen LogP contribution < -0.4 is 10.6 Å². The quantitative estimate of drug-likeness (QED) is 0.753. The highest BCUT2D eigenvalue weighted by Crippen LogP contribution is 2.57. The molecule has 0 radical (unpaired) electrons. The summed E-state index contributed by atoms with van der Waals surface area (Å²) in [5, 5.41) is 18.6. The van der Waals surface area contributed by atoms with Gasteiger partial charge in [-0.05, 0) is 49.4 Å². The van der Waals surface area contributed by atoms with E-state index in [2.05, 4.69) is 24.5 Å². The van der Waals surface area contributed by atoms with E-state index in [1.807, 2.05) is 14.0 Å². The zero-order chi connectivity index (χ0) is 18.6. The van der Waals surface area contributed by atoms with Gasteiger partial charge in [-0.15, -0.1) is 11.3 Å². The third-order valence-corrected chi connectivity index (χ3v) is 8.20. The largest absolute Gasteiger partial charge is 0.392 e. The lowest BCUT2D eigenvalue weighted by Crippen LogP contribution is -2.53. The number of nitrogens with one attached hydrogen (secondary N) is 2. The Bertz CT molecular complexity index is 701. The molecule has 4 rings (SSSR count). The minimum Gasteiger partial charge on any atom is -0.392 e. The number of carbonyl (C=O) groups excluding carboxylic acids is 1. The molecule has 0 saturated heterocycles. The molecule has 0 spiro atoms. The molecular weight excluding hydrogens is 346 g/mol. The monoisotopic (exact) mass is 377 g/mol. The second-order valence-corrected chi connectivity index (χ2v) is 10.1. The van der Waals surface area contributed by atoms with E-state index in [1.54, 1.807) is 11.3 Å². The van der Waals surface area contributed by atoms with Crippen LogP contribution in [0.4, 0.5) is 5.13 Å². The molecule has 2 saturated carbocycles. The molecule has 144 valence electrons. The number of aliphatic hydroxyl groups is 1. The maximum Gasteiger partial charge on any atom is 0.223 e. The van der Waals surface area contributed by atoms with E-state index in [0.717, 1.165) is 42.9 Å². The summed E-state index contributed by atoms with van der Waals surface area (Å²) < 4.78 is 0. The van der Waals surface area contributed by atoms with Crippen molar-refractivity contribution >= 4 is 22.4 Å². The molecule has 6 unspecified atom stereocenters. The third kappa shape index (κ3) is 2.95. The molecule has 0 aliphatic heterocycles. The van der Waals surface area contributed by atoms with Crippen molar-refractivity contribution in [2.45, 2.75) is 70.9 Å². The van der Waals surface area contributed by atoms with Crippen molar-refractivity contribution < 1.29 is 9.90 Å². The Labute approximate surface area is 160 Å². The number of hydrogen-bond donors (Lipinski definition) is 3. The molecule has 6 heteroatoms. The molecular formula is C20H31N3O2S. The zero-order valence-electron chi connectivity index (χ0n) is 16.2. The smallest absolute Gasteiger partial charge is 0.223 e. The van der Waals surface area contributed by atoms with Gasteiger partial charge in [0.15, 0.2) is 5.13 Å². The van der Waals surface area contributed by atoms with Crippen LogP contribution in [0, 0.1) is 23.2 Å². The normalized spacial score (nSPS) is 37.4. The Balaban J connectivity index is 1.57. The molecule has 1 aromatic heterocycles. The van der Waals surface area contributed by atoms with Gasteiger partial charge in [-0.1, -0.05) is 20.8 Å². The number of aromatic nitrogens is 1. The summed E-state index contributed by atoms with van der Waals surface area (Å²) >= 11 is 1.75. The van der Waals surface area contributed by atoms with E-state index in [-0.39, 0.29) is 35.0 Å². The number of thiazole rings is 1. The highest BCUT2D eigenvalue weighted by Gasteiger charge is 2.54. The molecule has 6 atom stereocenters. The SMILES string of the molecule is CNc1nc2c(s1)CC1(C)CCC(C(C)C(=O)NC3CC3)C(O)C1C2C. The van der Waals surface area contributed by atoms with E-state index in [9.17, 15) is 9.90 Å². The maximum atomic E-state index is 12.6. The molecule has 1 heterocycles. The Hall–Kier alpha value is -1.14. The Morgan fingerprint density at radius 2 is 2.12 bits per heavy atom. The van der Waals surface area contributed by atoms with Crippen LogP contribution in [-0.2, 0) is 11.2 Å². The number of nitrogens with zero attached hydrogens (tertiary/aromatic N) is 1. The number of aliphatic hydroxyl groups excluding tert-OH is 1. The first-order valence-corrected chi connectivity index (χ1v) is 10.8. The summed E-state index contributed by atoms with van der Waals surface area (Å²) in [6.07, 6.45) is 4.73. The number of fused-ring (bicyclic) bond motifs is 2. The first-order valence-electron chi connectivity index (χ1n) is 10.00. The highest BCUT2D eigenvalue weighted by atomic mass is 32.1. The molecule has 3 N–H and O–H groups in total. The first-order chi connectivity index (χ1) is 12.3. The van der Waals surface area contributed by atoms with Gasteiger partial charge in [0, 0.05) is 29.8 Å². The van der Waals surface area contributed by atoms with Crippen molar-refractivity contribution in [3.63, 3.8) is 0 Å². The van der Waals surface area contributed by atoms with Crippen molar-refractivity contribution in [1.82, 2.24) is 10.3 Å². The van der Waals surface area contributed by atoms with Gasteiger partial charge in [-0.2, -0.15) is 0 Å². The van der Waals surface area contributed by atoms with Crippen LogP contribution >= 0.6 is 11.3 Å². The van der Waals surface area contributed by atoms with Crippen LogP contribution in [0.2, 0.25) is 0 Å². The van der Waals surface area contributed by atoms with Gasteiger partial charge in [-0.3, -0.25) is 4.79 Å². The first kappa shape index (κ1) is 18.2. The average molecular weight is 378 g/mol. The van der Waals surface area contributed by atoms with Crippen LogP contribution in [0.1, 0.15) is 62.9 Å². The number of anilines is 1. The predicted molar refractivity (Wildman–Crippen MR) is 104 cm³/mol. The second-order valence-electron chi connectivity index (χ2n) is 8.99. The van der Waals surface area contributed by atoms with Crippen LogP contribution in [0.3, 0.4) is 0 Å². The summed E-state index contributed by atoms with van der Waals surface area (Å²) in [4.78, 5) is 18.7. The summed E-state index contributed by atoms with van der Waals surface area (Å²) in [5.74, 6) is 0.413.